The third kappa shape index (κ3) is 6.23. The molecule has 4 N–H and O–H groups in total. The molecule has 2 saturated carbocycles. The van der Waals surface area contributed by atoms with Crippen molar-refractivity contribution in [3.8, 4) is 17.2 Å². The maximum Gasteiger partial charge on any atom is 0.407 e. The summed E-state index contributed by atoms with van der Waals surface area (Å²) in [5.74, 6) is 0.0477. The van der Waals surface area contributed by atoms with Crippen LogP contribution in [0.15, 0.2) is 18.2 Å². The molecule has 2 aliphatic carbocycles. The molecule has 1 aromatic heterocycles. The number of alkyl carbamates (subject to hydrolysis) is 1. The van der Waals surface area contributed by atoms with Gasteiger partial charge in [0.15, 0.2) is 18.7 Å². The van der Waals surface area contributed by atoms with Crippen molar-refractivity contribution in [2.24, 2.45) is 0 Å². The molecule has 2 aromatic rings. The van der Waals surface area contributed by atoms with E-state index in [-0.39, 0.29) is 40.7 Å². The SMILES string of the molecule is CCOc1cc(O)c(C=O)c(OCC(=O)Nc2cc([C@H]3CC[C@@H](OC(=O)NC4(C)CC4)C3)[nH]n2)c1. The second-order valence-electron chi connectivity index (χ2n) is 9.17. The molecule has 35 heavy (non-hydrogen) atoms. The molecular weight excluding hydrogens is 456 g/mol. The van der Waals surface area contributed by atoms with E-state index >= 15 is 0 Å². The minimum Gasteiger partial charge on any atom is -0.507 e. The fourth-order valence-corrected chi connectivity index (χ4v) is 4.08. The first-order valence-corrected chi connectivity index (χ1v) is 11.7. The maximum atomic E-state index is 12.4. The topological polar surface area (TPSA) is 152 Å². The van der Waals surface area contributed by atoms with Gasteiger partial charge in [-0.15, -0.1) is 0 Å². The molecule has 0 saturated heterocycles. The van der Waals surface area contributed by atoms with Gasteiger partial charge in [-0.1, -0.05) is 0 Å². The Kier molecular flexibility index (Phi) is 7.13. The Morgan fingerprint density at radius 1 is 1.26 bits per heavy atom. The lowest BCUT2D eigenvalue weighted by molar-refractivity contribution is -0.118. The van der Waals surface area contributed by atoms with Crippen LogP contribution >= 0.6 is 0 Å². The summed E-state index contributed by atoms with van der Waals surface area (Å²) in [5.41, 5.74) is 0.664. The highest BCUT2D eigenvalue weighted by Crippen LogP contribution is 2.37. The minimum atomic E-state index is -0.487. The Morgan fingerprint density at radius 2 is 2.06 bits per heavy atom. The van der Waals surface area contributed by atoms with Crippen LogP contribution in [0.1, 0.15) is 67.9 Å². The number of H-pyrrole nitrogens is 1. The summed E-state index contributed by atoms with van der Waals surface area (Å²) in [6.07, 6.45) is 4.15. The number of nitrogens with zero attached hydrogens (tertiary/aromatic N) is 1. The second kappa shape index (κ2) is 10.2. The molecule has 0 bridgehead atoms. The smallest absolute Gasteiger partial charge is 0.407 e. The van der Waals surface area contributed by atoms with Crippen molar-refractivity contribution in [1.29, 1.82) is 0 Å². The summed E-state index contributed by atoms with van der Waals surface area (Å²) in [7, 11) is 0. The molecule has 2 amide bonds. The summed E-state index contributed by atoms with van der Waals surface area (Å²) >= 11 is 0. The third-order valence-electron chi connectivity index (χ3n) is 6.25. The standard InChI is InChI=1S/C24H30N4O7/c1-3-33-16-9-19(30)17(12-29)20(10-16)34-13-22(31)25-21-11-18(27-28-21)14-4-5-15(8-14)35-23(32)26-24(2)6-7-24/h9-12,14-15,30H,3-8,13H2,1-2H3,(H,26,32)(H2,25,27,28,31)/t14-,15+/m0/s1. The van der Waals surface area contributed by atoms with Crippen molar-refractivity contribution in [2.45, 2.75) is 63.5 Å². The summed E-state index contributed by atoms with van der Waals surface area (Å²) in [4.78, 5) is 35.7. The molecule has 0 radical (unpaired) electrons. The zero-order valence-electron chi connectivity index (χ0n) is 19.8. The van der Waals surface area contributed by atoms with Crippen LogP contribution in [0.3, 0.4) is 0 Å². The molecule has 1 aromatic carbocycles. The van der Waals surface area contributed by atoms with Gasteiger partial charge < -0.3 is 30.0 Å². The number of nitrogens with one attached hydrogen (secondary N) is 3. The Hall–Kier alpha value is -3.76. The van der Waals surface area contributed by atoms with E-state index in [2.05, 4.69) is 20.8 Å². The number of aromatic hydroxyl groups is 1. The highest BCUT2D eigenvalue weighted by atomic mass is 16.6. The fourth-order valence-electron chi connectivity index (χ4n) is 4.08. The lowest BCUT2D eigenvalue weighted by Gasteiger charge is -2.16. The van der Waals surface area contributed by atoms with E-state index in [9.17, 15) is 19.5 Å². The van der Waals surface area contributed by atoms with E-state index in [1.165, 1.54) is 12.1 Å². The normalized spacial score (nSPS) is 20.1. The monoisotopic (exact) mass is 486 g/mol. The number of hydrogen-bond donors (Lipinski definition) is 4. The van der Waals surface area contributed by atoms with E-state index in [0.717, 1.165) is 31.4 Å². The number of hydrogen-bond acceptors (Lipinski definition) is 8. The van der Waals surface area contributed by atoms with Crippen LogP contribution in [0, 0.1) is 0 Å². The molecule has 2 aliphatic rings. The van der Waals surface area contributed by atoms with Crippen LogP contribution in [0.2, 0.25) is 0 Å². The van der Waals surface area contributed by atoms with Crippen LogP contribution in [0.25, 0.3) is 0 Å². The predicted molar refractivity (Wildman–Crippen MR) is 125 cm³/mol. The predicted octanol–water partition coefficient (Wildman–Crippen LogP) is 3.26. The zero-order chi connectivity index (χ0) is 25.0. The molecule has 0 spiro atoms. The summed E-state index contributed by atoms with van der Waals surface area (Å²) in [6, 6.07) is 4.50. The molecule has 4 rings (SSSR count). The quantitative estimate of drug-likeness (QED) is 0.374. The first-order valence-electron chi connectivity index (χ1n) is 11.7. The molecule has 11 nitrogen and oxygen atoms in total. The van der Waals surface area contributed by atoms with Gasteiger partial charge in [0.2, 0.25) is 0 Å². The summed E-state index contributed by atoms with van der Waals surface area (Å²) < 4.78 is 16.3. The van der Waals surface area contributed by atoms with E-state index in [1.807, 2.05) is 6.92 Å². The molecular formula is C24H30N4O7. The average molecular weight is 487 g/mol. The number of aromatic amines is 1. The van der Waals surface area contributed by atoms with Crippen molar-refractivity contribution in [1.82, 2.24) is 15.5 Å². The molecule has 0 unspecified atom stereocenters. The molecule has 2 atom stereocenters. The number of aldehydes is 1. The zero-order valence-corrected chi connectivity index (χ0v) is 19.8. The van der Waals surface area contributed by atoms with Crippen molar-refractivity contribution in [3.63, 3.8) is 0 Å². The number of phenols is 1. The van der Waals surface area contributed by atoms with Gasteiger partial charge in [0, 0.05) is 35.3 Å². The Balaban J connectivity index is 1.27. The van der Waals surface area contributed by atoms with Crippen molar-refractivity contribution >= 4 is 24.1 Å². The van der Waals surface area contributed by atoms with Crippen LogP contribution in [0.4, 0.5) is 10.6 Å². The van der Waals surface area contributed by atoms with E-state index in [1.54, 1.807) is 13.0 Å². The van der Waals surface area contributed by atoms with Crippen molar-refractivity contribution in [2.75, 3.05) is 18.5 Å². The third-order valence-corrected chi connectivity index (χ3v) is 6.25. The Bertz CT molecular complexity index is 1100. The van der Waals surface area contributed by atoms with Crippen LogP contribution < -0.4 is 20.1 Å². The lowest BCUT2D eigenvalue weighted by atomic mass is 10.0. The molecule has 188 valence electrons. The van der Waals surface area contributed by atoms with E-state index in [0.29, 0.717) is 30.9 Å². The van der Waals surface area contributed by atoms with Gasteiger partial charge in [0.05, 0.1) is 12.2 Å². The number of ether oxygens (including phenoxy) is 3. The second-order valence-corrected chi connectivity index (χ2v) is 9.17. The number of aromatic nitrogens is 2. The lowest BCUT2D eigenvalue weighted by Crippen LogP contribution is -2.36. The van der Waals surface area contributed by atoms with Gasteiger partial charge in [-0.05, 0) is 46.0 Å². The average Bonchev–Trinajstić information content (AvgIpc) is 3.16. The molecule has 0 aliphatic heterocycles. The highest BCUT2D eigenvalue weighted by molar-refractivity contribution is 5.91. The fraction of sp³-hybridized carbons (Fsp3) is 0.500. The number of amides is 2. The number of rotatable bonds is 10. The van der Waals surface area contributed by atoms with Gasteiger partial charge in [-0.3, -0.25) is 14.7 Å². The minimum absolute atomic E-state index is 0.0398. The number of carbonyl (C=O) groups excluding carboxylic acids is 3. The summed E-state index contributed by atoms with van der Waals surface area (Å²) in [5, 5.41) is 22.6. The van der Waals surface area contributed by atoms with Gasteiger partial charge >= 0.3 is 6.09 Å². The number of phenolic OH excluding ortho intramolecular Hbond substituents is 1. The molecule has 2 fully saturated rings. The molecule has 1 heterocycles. The first-order chi connectivity index (χ1) is 16.8. The Morgan fingerprint density at radius 3 is 2.77 bits per heavy atom. The van der Waals surface area contributed by atoms with Crippen molar-refractivity contribution in [3.05, 3.63) is 29.5 Å². The Labute approximate surface area is 202 Å². The van der Waals surface area contributed by atoms with Crippen LogP contribution in [0.5, 0.6) is 17.2 Å². The van der Waals surface area contributed by atoms with Gasteiger partial charge in [0.25, 0.3) is 5.91 Å². The van der Waals surface area contributed by atoms with Gasteiger partial charge in [-0.2, -0.15) is 5.10 Å². The first kappa shape index (κ1) is 24.4. The van der Waals surface area contributed by atoms with Crippen LogP contribution in [-0.2, 0) is 9.53 Å². The highest BCUT2D eigenvalue weighted by Gasteiger charge is 2.40. The summed E-state index contributed by atoms with van der Waals surface area (Å²) in [6.45, 7) is 3.75. The van der Waals surface area contributed by atoms with Gasteiger partial charge in [-0.25, -0.2) is 4.79 Å². The largest absolute Gasteiger partial charge is 0.507 e. The number of carbonyl (C=O) groups is 3. The van der Waals surface area contributed by atoms with E-state index < -0.39 is 12.5 Å². The van der Waals surface area contributed by atoms with E-state index in [4.69, 9.17) is 14.2 Å². The van der Waals surface area contributed by atoms with Gasteiger partial charge in [0.1, 0.15) is 23.4 Å². The van der Waals surface area contributed by atoms with Crippen molar-refractivity contribution < 1.29 is 33.7 Å². The number of benzene rings is 1. The maximum absolute atomic E-state index is 12.4. The molecule has 11 heteroatoms. The number of anilines is 1. The van der Waals surface area contributed by atoms with Crippen LogP contribution in [-0.4, -0.2) is 58.4 Å².